The lowest BCUT2D eigenvalue weighted by Crippen LogP contribution is -2.42. The zero-order chi connectivity index (χ0) is 9.14. The van der Waals surface area contributed by atoms with E-state index in [1.54, 1.807) is 0 Å². The van der Waals surface area contributed by atoms with E-state index in [0.29, 0.717) is 6.54 Å². The van der Waals surface area contributed by atoms with Gasteiger partial charge < -0.3 is 15.3 Å². The van der Waals surface area contributed by atoms with Gasteiger partial charge in [0.2, 0.25) is 0 Å². The van der Waals surface area contributed by atoms with Gasteiger partial charge in [0.1, 0.15) is 0 Å². The lowest BCUT2D eigenvalue weighted by molar-refractivity contribution is -0.156. The first-order valence-corrected chi connectivity index (χ1v) is 3.83. The Balaban J connectivity index is 2.51. The van der Waals surface area contributed by atoms with Crippen LogP contribution < -0.4 is 5.32 Å². The molecule has 1 unspecified atom stereocenters. The summed E-state index contributed by atoms with van der Waals surface area (Å²) in [6.07, 6.45) is 0.829. The summed E-state index contributed by atoms with van der Waals surface area (Å²) in [5, 5.41) is 11.5. The van der Waals surface area contributed by atoms with Gasteiger partial charge in [-0.05, 0) is 13.0 Å². The van der Waals surface area contributed by atoms with Crippen molar-refractivity contribution in [1.29, 1.82) is 0 Å². The van der Waals surface area contributed by atoms with Crippen LogP contribution in [0.1, 0.15) is 6.42 Å². The highest BCUT2D eigenvalue weighted by molar-refractivity contribution is 6.31. The summed E-state index contributed by atoms with van der Waals surface area (Å²) in [6.45, 7) is 1.54. The molecule has 5 heteroatoms. The van der Waals surface area contributed by atoms with E-state index in [-0.39, 0.29) is 6.04 Å². The molecule has 1 aliphatic heterocycles. The largest absolute Gasteiger partial charge is 0.474 e. The van der Waals surface area contributed by atoms with Gasteiger partial charge in [0.25, 0.3) is 0 Å². The number of carboxylic acid groups (broad SMARTS) is 1. The maximum atomic E-state index is 10.9. The van der Waals surface area contributed by atoms with Crippen molar-refractivity contribution in [2.45, 2.75) is 12.5 Å². The van der Waals surface area contributed by atoms with Crippen molar-refractivity contribution in [2.75, 3.05) is 20.1 Å². The van der Waals surface area contributed by atoms with Gasteiger partial charge >= 0.3 is 11.9 Å². The minimum absolute atomic E-state index is 0.0357. The predicted octanol–water partition coefficient (Wildman–Crippen LogP) is -1.11. The number of rotatable bonds is 1. The molecule has 0 aromatic rings. The quantitative estimate of drug-likeness (QED) is 0.492. The smallest absolute Gasteiger partial charge is 0.394 e. The van der Waals surface area contributed by atoms with Crippen molar-refractivity contribution in [3.63, 3.8) is 0 Å². The van der Waals surface area contributed by atoms with Crippen molar-refractivity contribution in [2.24, 2.45) is 0 Å². The molecule has 1 saturated heterocycles. The number of hydrogen-bond donors (Lipinski definition) is 2. The molecule has 0 aliphatic carbocycles. The van der Waals surface area contributed by atoms with Crippen LogP contribution in [0.5, 0.6) is 0 Å². The molecule has 12 heavy (non-hydrogen) atoms. The minimum atomic E-state index is -1.38. The molecule has 1 heterocycles. The van der Waals surface area contributed by atoms with Gasteiger partial charge in [-0.15, -0.1) is 0 Å². The molecule has 0 aromatic heterocycles. The second-order valence-electron chi connectivity index (χ2n) is 2.87. The molecule has 1 aliphatic rings. The van der Waals surface area contributed by atoms with E-state index >= 15 is 0 Å². The molecule has 1 amide bonds. The summed E-state index contributed by atoms with van der Waals surface area (Å²) in [4.78, 5) is 22.5. The van der Waals surface area contributed by atoms with E-state index < -0.39 is 11.9 Å². The third kappa shape index (κ3) is 1.73. The maximum Gasteiger partial charge on any atom is 0.394 e. The van der Waals surface area contributed by atoms with Gasteiger partial charge in [-0.25, -0.2) is 4.79 Å². The highest BCUT2D eigenvalue weighted by Crippen LogP contribution is 2.05. The number of nitrogens with one attached hydrogen (secondary N) is 1. The van der Waals surface area contributed by atoms with Gasteiger partial charge in [0, 0.05) is 19.6 Å². The van der Waals surface area contributed by atoms with Crippen molar-refractivity contribution in [3.8, 4) is 0 Å². The van der Waals surface area contributed by atoms with Crippen LogP contribution in [-0.2, 0) is 9.59 Å². The fourth-order valence-corrected chi connectivity index (χ4v) is 1.29. The number of likely N-dealkylation sites (N-methyl/N-ethyl adjacent to an activating group) is 1. The van der Waals surface area contributed by atoms with Crippen LogP contribution in [-0.4, -0.2) is 48.1 Å². The topological polar surface area (TPSA) is 69.6 Å². The highest BCUT2D eigenvalue weighted by atomic mass is 16.4. The fraction of sp³-hybridized carbons (Fsp3) is 0.714. The number of hydrogen-bond acceptors (Lipinski definition) is 3. The fourth-order valence-electron chi connectivity index (χ4n) is 1.29. The zero-order valence-electron chi connectivity index (χ0n) is 6.91. The molecule has 1 rings (SSSR count). The first-order valence-electron chi connectivity index (χ1n) is 3.83. The summed E-state index contributed by atoms with van der Waals surface area (Å²) < 4.78 is 0. The molecule has 5 nitrogen and oxygen atoms in total. The van der Waals surface area contributed by atoms with Crippen LogP contribution >= 0.6 is 0 Å². The molecule has 68 valence electrons. The van der Waals surface area contributed by atoms with E-state index in [0.717, 1.165) is 13.0 Å². The summed E-state index contributed by atoms with van der Waals surface area (Å²) >= 11 is 0. The number of amides is 1. The third-order valence-electron chi connectivity index (χ3n) is 2.09. The first kappa shape index (κ1) is 8.99. The Morgan fingerprint density at radius 2 is 2.25 bits per heavy atom. The van der Waals surface area contributed by atoms with E-state index in [2.05, 4.69) is 5.32 Å². The van der Waals surface area contributed by atoms with Gasteiger partial charge in [0.05, 0.1) is 0 Å². The van der Waals surface area contributed by atoms with Crippen molar-refractivity contribution in [1.82, 2.24) is 10.2 Å². The number of carbonyl (C=O) groups excluding carboxylic acids is 1. The Labute approximate surface area is 70.4 Å². The van der Waals surface area contributed by atoms with Gasteiger partial charge in [-0.2, -0.15) is 0 Å². The van der Waals surface area contributed by atoms with Crippen LogP contribution in [0.2, 0.25) is 0 Å². The number of carbonyl (C=O) groups is 2. The third-order valence-corrected chi connectivity index (χ3v) is 2.09. The van der Waals surface area contributed by atoms with Crippen LogP contribution in [0.25, 0.3) is 0 Å². The minimum Gasteiger partial charge on any atom is -0.474 e. The molecule has 0 aromatic carbocycles. The SMILES string of the molecule is CN(C(=O)C(=O)O)C1CCNC1. The molecule has 1 atom stereocenters. The lowest BCUT2D eigenvalue weighted by Gasteiger charge is -2.21. The molecular formula is C7H12N2O3. The van der Waals surface area contributed by atoms with Crippen LogP contribution in [0.4, 0.5) is 0 Å². The van der Waals surface area contributed by atoms with E-state index in [1.807, 2.05) is 0 Å². The Kier molecular flexibility index (Phi) is 2.65. The van der Waals surface area contributed by atoms with Crippen LogP contribution in [0.15, 0.2) is 0 Å². The number of aliphatic carboxylic acids is 1. The van der Waals surface area contributed by atoms with Crippen LogP contribution in [0, 0.1) is 0 Å². The standard InChI is InChI=1S/C7H12N2O3/c1-9(6(10)7(11)12)5-2-3-8-4-5/h5,8H,2-4H2,1H3,(H,11,12). The van der Waals surface area contributed by atoms with Gasteiger partial charge in [0.15, 0.2) is 0 Å². The predicted molar refractivity (Wildman–Crippen MR) is 41.7 cm³/mol. The Morgan fingerprint density at radius 1 is 1.58 bits per heavy atom. The van der Waals surface area contributed by atoms with Crippen LogP contribution in [0.3, 0.4) is 0 Å². The lowest BCUT2D eigenvalue weighted by atomic mass is 10.2. The molecular weight excluding hydrogens is 160 g/mol. The molecule has 0 saturated carbocycles. The summed E-state index contributed by atoms with van der Waals surface area (Å²) in [5.41, 5.74) is 0. The Morgan fingerprint density at radius 3 is 2.67 bits per heavy atom. The molecule has 0 bridgehead atoms. The molecule has 2 N–H and O–H groups in total. The highest BCUT2D eigenvalue weighted by Gasteiger charge is 2.26. The van der Waals surface area contributed by atoms with Gasteiger partial charge in [-0.1, -0.05) is 0 Å². The van der Waals surface area contributed by atoms with Crippen molar-refractivity contribution < 1.29 is 14.7 Å². The van der Waals surface area contributed by atoms with Crippen molar-refractivity contribution in [3.05, 3.63) is 0 Å². The molecule has 0 radical (unpaired) electrons. The Hall–Kier alpha value is -1.10. The number of carboxylic acids is 1. The maximum absolute atomic E-state index is 10.9. The molecule has 0 spiro atoms. The number of nitrogens with zero attached hydrogens (tertiary/aromatic N) is 1. The van der Waals surface area contributed by atoms with E-state index in [4.69, 9.17) is 5.11 Å². The van der Waals surface area contributed by atoms with E-state index in [1.165, 1.54) is 11.9 Å². The summed E-state index contributed by atoms with van der Waals surface area (Å²) in [5.74, 6) is -2.21. The first-order chi connectivity index (χ1) is 5.63. The Bertz CT molecular complexity index is 199. The summed E-state index contributed by atoms with van der Waals surface area (Å²) in [6, 6.07) is 0.0357. The normalized spacial score (nSPS) is 22.2. The second kappa shape index (κ2) is 3.53. The van der Waals surface area contributed by atoms with E-state index in [9.17, 15) is 9.59 Å². The average molecular weight is 172 g/mol. The van der Waals surface area contributed by atoms with Gasteiger partial charge in [-0.3, -0.25) is 4.79 Å². The second-order valence-corrected chi connectivity index (χ2v) is 2.87. The molecule has 1 fully saturated rings. The summed E-state index contributed by atoms with van der Waals surface area (Å²) in [7, 11) is 1.52. The monoisotopic (exact) mass is 172 g/mol. The van der Waals surface area contributed by atoms with Crippen molar-refractivity contribution >= 4 is 11.9 Å². The zero-order valence-corrected chi connectivity index (χ0v) is 6.91. The average Bonchev–Trinajstić information content (AvgIpc) is 2.53.